The molecule has 2 rings (SSSR count). The number of unbranched alkanes of at least 4 members (excludes halogenated alkanes) is 2. The number of benzene rings is 2. The molecule has 2 aromatic carbocycles. The monoisotopic (exact) mass is 366 g/mol. The molecule has 22 heavy (non-hydrogen) atoms. The third-order valence-corrected chi connectivity index (χ3v) is 4.29. The summed E-state index contributed by atoms with van der Waals surface area (Å²) in [5, 5.41) is 0. The van der Waals surface area contributed by atoms with E-state index in [0.717, 1.165) is 12.0 Å². The zero-order chi connectivity index (χ0) is 16.1. The minimum absolute atomic E-state index is 0.0833. The average Bonchev–Trinajstić information content (AvgIpc) is 2.47. The average molecular weight is 367 g/mol. The van der Waals surface area contributed by atoms with Gasteiger partial charge in [-0.2, -0.15) is 0 Å². The van der Waals surface area contributed by atoms with Gasteiger partial charge in [0.15, 0.2) is 0 Å². The van der Waals surface area contributed by atoms with Crippen LogP contribution in [-0.4, -0.2) is 0 Å². The molecule has 0 heterocycles. The zero-order valence-electron chi connectivity index (χ0n) is 13.0. The molecule has 0 saturated carbocycles. The van der Waals surface area contributed by atoms with E-state index in [1.807, 2.05) is 24.3 Å². The summed E-state index contributed by atoms with van der Waals surface area (Å²) in [4.78, 5) is -0.345. The number of hydrogen-bond donors (Lipinski definition) is 0. The molecular weight excluding hydrogens is 346 g/mol. The molecule has 1 unspecified atom stereocenters. The van der Waals surface area contributed by atoms with Gasteiger partial charge in [0.25, 0.3) is 0 Å². The summed E-state index contributed by atoms with van der Waals surface area (Å²) in [6, 6.07) is 10.8. The number of rotatable bonds is 6. The molecule has 0 bridgehead atoms. The van der Waals surface area contributed by atoms with Crippen LogP contribution in [0, 0.1) is 11.6 Å². The van der Waals surface area contributed by atoms with E-state index < -0.39 is 11.6 Å². The van der Waals surface area contributed by atoms with E-state index in [1.54, 1.807) is 6.92 Å². The van der Waals surface area contributed by atoms with Crippen molar-refractivity contribution in [3.63, 3.8) is 0 Å². The van der Waals surface area contributed by atoms with Crippen molar-refractivity contribution in [2.45, 2.75) is 44.4 Å². The Morgan fingerprint density at radius 3 is 2.05 bits per heavy atom. The molecule has 0 nitrogen and oxygen atoms in total. The third-order valence-electron chi connectivity index (χ3n) is 3.83. The van der Waals surface area contributed by atoms with Gasteiger partial charge in [-0.05, 0) is 48.6 Å². The van der Waals surface area contributed by atoms with Gasteiger partial charge in [-0.25, -0.2) is 8.78 Å². The first-order valence-electron chi connectivity index (χ1n) is 7.75. The van der Waals surface area contributed by atoms with Crippen LogP contribution in [0.1, 0.15) is 49.1 Å². The van der Waals surface area contributed by atoms with Crippen LogP contribution in [0.2, 0.25) is 0 Å². The van der Waals surface area contributed by atoms with Crippen LogP contribution >= 0.6 is 15.9 Å². The molecule has 0 radical (unpaired) electrons. The molecule has 0 N–H and O–H groups in total. The molecule has 0 spiro atoms. The number of aryl methyl sites for hydroxylation is 1. The van der Waals surface area contributed by atoms with Crippen LogP contribution in [0.25, 0.3) is 11.1 Å². The van der Waals surface area contributed by atoms with Crippen molar-refractivity contribution in [3.8, 4) is 11.1 Å². The molecule has 0 saturated heterocycles. The molecule has 0 aliphatic carbocycles. The largest absolute Gasteiger partial charge is 0.207 e. The summed E-state index contributed by atoms with van der Waals surface area (Å²) in [5.74, 6) is -1.02. The van der Waals surface area contributed by atoms with Crippen molar-refractivity contribution in [1.82, 2.24) is 0 Å². The molecule has 0 aliphatic rings. The van der Waals surface area contributed by atoms with Gasteiger partial charge in [0.1, 0.15) is 11.6 Å². The lowest BCUT2D eigenvalue weighted by atomic mass is 9.99. The Labute approximate surface area is 139 Å². The van der Waals surface area contributed by atoms with E-state index in [9.17, 15) is 8.78 Å². The summed E-state index contributed by atoms with van der Waals surface area (Å²) in [7, 11) is 0. The Kier molecular flexibility index (Phi) is 6.13. The van der Waals surface area contributed by atoms with Gasteiger partial charge in [0, 0.05) is 10.4 Å². The molecule has 1 atom stereocenters. The first-order valence-corrected chi connectivity index (χ1v) is 8.66. The minimum Gasteiger partial charge on any atom is -0.207 e. The van der Waals surface area contributed by atoms with Gasteiger partial charge in [0.2, 0.25) is 0 Å². The van der Waals surface area contributed by atoms with Gasteiger partial charge < -0.3 is 0 Å². The number of halogens is 3. The Morgan fingerprint density at radius 2 is 1.55 bits per heavy atom. The summed E-state index contributed by atoms with van der Waals surface area (Å²) in [6.45, 7) is 3.90. The second-order valence-electron chi connectivity index (χ2n) is 5.62. The van der Waals surface area contributed by atoms with Crippen molar-refractivity contribution in [3.05, 3.63) is 59.2 Å². The van der Waals surface area contributed by atoms with Crippen LogP contribution in [0.4, 0.5) is 8.78 Å². The Balaban J connectivity index is 2.21. The highest BCUT2D eigenvalue weighted by Crippen LogP contribution is 2.31. The van der Waals surface area contributed by atoms with Gasteiger partial charge in [-0.15, -0.1) is 0 Å². The predicted molar refractivity (Wildman–Crippen MR) is 92.4 cm³/mol. The molecule has 3 heteroatoms. The van der Waals surface area contributed by atoms with E-state index in [0.29, 0.717) is 5.56 Å². The quantitative estimate of drug-likeness (QED) is 0.388. The molecular formula is C19H21BrF2. The molecule has 118 valence electrons. The summed E-state index contributed by atoms with van der Waals surface area (Å²) in [5.41, 5.74) is 2.77. The standard InChI is InChI=1S/C19H21BrF2/c1-3-4-5-6-14-7-9-15(10-8-14)16-11-17(21)19(13(2)20)18(22)12-16/h7-13H,3-6H2,1-2H3. The van der Waals surface area contributed by atoms with Crippen molar-refractivity contribution in [2.24, 2.45) is 0 Å². The van der Waals surface area contributed by atoms with E-state index in [4.69, 9.17) is 0 Å². The van der Waals surface area contributed by atoms with Crippen LogP contribution < -0.4 is 0 Å². The van der Waals surface area contributed by atoms with E-state index in [2.05, 4.69) is 22.9 Å². The van der Waals surface area contributed by atoms with Crippen LogP contribution in [0.3, 0.4) is 0 Å². The van der Waals surface area contributed by atoms with E-state index in [-0.39, 0.29) is 10.4 Å². The van der Waals surface area contributed by atoms with Crippen molar-refractivity contribution in [1.29, 1.82) is 0 Å². The van der Waals surface area contributed by atoms with E-state index >= 15 is 0 Å². The van der Waals surface area contributed by atoms with Crippen LogP contribution in [0.5, 0.6) is 0 Å². The number of alkyl halides is 1. The topological polar surface area (TPSA) is 0 Å². The third kappa shape index (κ3) is 4.16. The Hall–Kier alpha value is -1.22. The molecule has 2 aromatic rings. The minimum atomic E-state index is -0.508. The first kappa shape index (κ1) is 17.1. The number of hydrogen-bond acceptors (Lipinski definition) is 0. The van der Waals surface area contributed by atoms with Gasteiger partial charge in [-0.1, -0.05) is 60.0 Å². The Morgan fingerprint density at radius 1 is 0.955 bits per heavy atom. The Bertz CT molecular complexity index is 595. The fourth-order valence-electron chi connectivity index (χ4n) is 2.57. The lowest BCUT2D eigenvalue weighted by molar-refractivity contribution is 0.559. The van der Waals surface area contributed by atoms with Crippen molar-refractivity contribution in [2.75, 3.05) is 0 Å². The summed E-state index contributed by atoms with van der Waals surface area (Å²) >= 11 is 3.22. The van der Waals surface area contributed by atoms with Crippen molar-refractivity contribution >= 4 is 15.9 Å². The zero-order valence-corrected chi connectivity index (χ0v) is 14.6. The van der Waals surface area contributed by atoms with Gasteiger partial charge in [0.05, 0.1) is 0 Å². The SMILES string of the molecule is CCCCCc1ccc(-c2cc(F)c(C(C)Br)c(F)c2)cc1. The lowest BCUT2D eigenvalue weighted by Crippen LogP contribution is -1.97. The van der Waals surface area contributed by atoms with E-state index in [1.165, 1.54) is 37.0 Å². The fraction of sp³-hybridized carbons (Fsp3) is 0.368. The smallest absolute Gasteiger partial charge is 0.131 e. The summed E-state index contributed by atoms with van der Waals surface area (Å²) in [6.07, 6.45) is 4.66. The second-order valence-corrected chi connectivity index (χ2v) is 7.00. The maximum atomic E-state index is 14.1. The second kappa shape index (κ2) is 7.87. The fourth-order valence-corrected chi connectivity index (χ4v) is 3.01. The molecule has 0 amide bonds. The maximum Gasteiger partial charge on any atom is 0.131 e. The lowest BCUT2D eigenvalue weighted by Gasteiger charge is -2.10. The van der Waals surface area contributed by atoms with Crippen LogP contribution in [-0.2, 0) is 6.42 Å². The molecule has 0 aliphatic heterocycles. The van der Waals surface area contributed by atoms with Gasteiger partial charge >= 0.3 is 0 Å². The highest BCUT2D eigenvalue weighted by atomic mass is 79.9. The van der Waals surface area contributed by atoms with Gasteiger partial charge in [-0.3, -0.25) is 0 Å². The van der Waals surface area contributed by atoms with Crippen LogP contribution in [0.15, 0.2) is 36.4 Å². The highest BCUT2D eigenvalue weighted by molar-refractivity contribution is 9.09. The highest BCUT2D eigenvalue weighted by Gasteiger charge is 2.16. The first-order chi connectivity index (χ1) is 10.5. The maximum absolute atomic E-state index is 14.1. The summed E-state index contributed by atoms with van der Waals surface area (Å²) < 4.78 is 28.1. The predicted octanol–water partition coefficient (Wildman–Crippen LogP) is 6.82. The molecule has 0 aromatic heterocycles. The van der Waals surface area contributed by atoms with Crippen molar-refractivity contribution < 1.29 is 8.78 Å². The normalized spacial score (nSPS) is 12.4. The molecule has 0 fully saturated rings.